The van der Waals surface area contributed by atoms with E-state index in [0.717, 1.165) is 68.7 Å². The first-order valence-corrected chi connectivity index (χ1v) is 32.4. The summed E-state index contributed by atoms with van der Waals surface area (Å²) in [4.78, 5) is 0. The highest BCUT2D eigenvalue weighted by Crippen LogP contribution is 2.37. The second-order valence-corrected chi connectivity index (χ2v) is 29.8. The summed E-state index contributed by atoms with van der Waals surface area (Å²) in [6, 6.07) is 18.6. The van der Waals surface area contributed by atoms with Crippen molar-refractivity contribution in [3.05, 3.63) is 65.7 Å². The van der Waals surface area contributed by atoms with Crippen LogP contribution in [-0.4, -0.2) is 61.2 Å². The maximum atomic E-state index is 6.49. The van der Waals surface area contributed by atoms with Gasteiger partial charge >= 0.3 is 0 Å². The summed E-state index contributed by atoms with van der Waals surface area (Å²) in [6.45, 7) is 36.9. The lowest BCUT2D eigenvalue weighted by Crippen LogP contribution is -2.41. The van der Waals surface area contributed by atoms with Gasteiger partial charge < -0.3 is 28.1 Å². The Kier molecular flexibility index (Phi) is 35.7. The molecule has 2 rings (SSSR count). The SMILES string of the molecule is COc1ccc(COC[C@@H](C)CCC[C@@H](C)CCC[C@@H](C)CCC[C@@H](C)CCOCC(COCc2ccccc2)OCC[C@H](C)CCC[C@H](C)CCC[C@H](C)CCC[C@H](C)CO[Si](C)(C)C(C)(C)C)cc1. The van der Waals surface area contributed by atoms with Crippen LogP contribution in [0.2, 0.25) is 18.1 Å². The molecule has 0 saturated carbocycles. The van der Waals surface area contributed by atoms with Gasteiger partial charge in [0.05, 0.1) is 33.5 Å². The Bertz CT molecular complexity index is 1510. The highest BCUT2D eigenvalue weighted by molar-refractivity contribution is 6.74. The number of hydrogen-bond donors (Lipinski definition) is 0. The van der Waals surface area contributed by atoms with E-state index in [1.165, 1.54) is 127 Å². The molecule has 0 aliphatic rings. The van der Waals surface area contributed by atoms with E-state index in [0.29, 0.717) is 55.1 Å². The van der Waals surface area contributed by atoms with Crippen LogP contribution in [-0.2, 0) is 36.6 Å². The fraction of sp³-hybridized carbons (Fsp3) is 0.812. The lowest BCUT2D eigenvalue weighted by Gasteiger charge is -2.37. The van der Waals surface area contributed by atoms with E-state index in [1.807, 2.05) is 12.1 Å². The third-order valence-electron chi connectivity index (χ3n) is 16.2. The summed E-state index contributed by atoms with van der Waals surface area (Å²) >= 11 is 0. The number of rotatable bonds is 45. The fourth-order valence-electron chi connectivity index (χ4n) is 9.55. The van der Waals surface area contributed by atoms with Crippen LogP contribution >= 0.6 is 0 Å². The molecule has 7 heteroatoms. The van der Waals surface area contributed by atoms with Crippen LogP contribution in [0.5, 0.6) is 5.75 Å². The molecule has 412 valence electrons. The van der Waals surface area contributed by atoms with Gasteiger partial charge in [0.25, 0.3) is 0 Å². The summed E-state index contributed by atoms with van der Waals surface area (Å²) in [5.74, 6) is 6.78. The molecule has 71 heavy (non-hydrogen) atoms. The van der Waals surface area contributed by atoms with Gasteiger partial charge in [-0.25, -0.2) is 0 Å². The first kappa shape index (κ1) is 65.4. The van der Waals surface area contributed by atoms with Gasteiger partial charge in [-0.1, -0.05) is 221 Å². The molecule has 2 aromatic rings. The van der Waals surface area contributed by atoms with Crippen LogP contribution in [0.4, 0.5) is 0 Å². The lowest BCUT2D eigenvalue weighted by atomic mass is 9.90. The average molecular weight is 1010 g/mol. The summed E-state index contributed by atoms with van der Waals surface area (Å²) in [5, 5.41) is 0.294. The van der Waals surface area contributed by atoms with Crippen molar-refractivity contribution in [2.24, 2.45) is 47.3 Å². The van der Waals surface area contributed by atoms with Crippen molar-refractivity contribution in [3.8, 4) is 5.75 Å². The van der Waals surface area contributed by atoms with Crippen molar-refractivity contribution in [1.82, 2.24) is 0 Å². The van der Waals surface area contributed by atoms with Gasteiger partial charge in [-0.2, -0.15) is 0 Å². The van der Waals surface area contributed by atoms with Crippen LogP contribution in [0.3, 0.4) is 0 Å². The molecular weight excluding hydrogens is 893 g/mol. The van der Waals surface area contributed by atoms with Crippen LogP contribution < -0.4 is 4.74 Å². The Labute approximate surface area is 442 Å². The molecule has 9 atom stereocenters. The lowest BCUT2D eigenvalue weighted by molar-refractivity contribution is -0.0670. The van der Waals surface area contributed by atoms with E-state index in [1.54, 1.807) is 7.11 Å². The van der Waals surface area contributed by atoms with Gasteiger partial charge in [0, 0.05) is 26.4 Å². The Morgan fingerprint density at radius 2 is 0.775 bits per heavy atom. The zero-order chi connectivity index (χ0) is 52.3. The molecule has 0 aliphatic heterocycles. The molecule has 0 radical (unpaired) electrons. The van der Waals surface area contributed by atoms with Gasteiger partial charge in [0.1, 0.15) is 11.9 Å². The van der Waals surface area contributed by atoms with E-state index in [2.05, 4.69) is 132 Å². The van der Waals surface area contributed by atoms with Crippen molar-refractivity contribution >= 4 is 8.32 Å². The highest BCUT2D eigenvalue weighted by Gasteiger charge is 2.37. The summed E-state index contributed by atoms with van der Waals surface area (Å²) < 4.78 is 36.7. The van der Waals surface area contributed by atoms with Crippen molar-refractivity contribution in [2.75, 3.05) is 46.8 Å². The van der Waals surface area contributed by atoms with Gasteiger partial charge in [-0.05, 0) is 114 Å². The minimum absolute atomic E-state index is 0.0311. The second kappa shape index (κ2) is 38.8. The van der Waals surface area contributed by atoms with Crippen LogP contribution in [0, 0.1) is 47.3 Å². The van der Waals surface area contributed by atoms with Crippen LogP contribution in [0.1, 0.15) is 216 Å². The van der Waals surface area contributed by atoms with Gasteiger partial charge in [-0.3, -0.25) is 0 Å². The quantitative estimate of drug-likeness (QED) is 0.0487. The van der Waals surface area contributed by atoms with E-state index in [9.17, 15) is 0 Å². The van der Waals surface area contributed by atoms with Crippen LogP contribution in [0.15, 0.2) is 54.6 Å². The maximum absolute atomic E-state index is 6.49. The zero-order valence-corrected chi connectivity index (χ0v) is 50.1. The maximum Gasteiger partial charge on any atom is 0.191 e. The van der Waals surface area contributed by atoms with Gasteiger partial charge in [0.2, 0.25) is 0 Å². The molecule has 0 spiro atoms. The van der Waals surface area contributed by atoms with Gasteiger partial charge in [-0.15, -0.1) is 0 Å². The molecule has 1 unspecified atom stereocenters. The van der Waals surface area contributed by atoms with Crippen molar-refractivity contribution in [2.45, 2.75) is 242 Å². The summed E-state index contributed by atoms with van der Waals surface area (Å²) in [5.41, 5.74) is 2.40. The first-order chi connectivity index (χ1) is 33.9. The first-order valence-electron chi connectivity index (χ1n) is 29.5. The molecule has 6 nitrogen and oxygen atoms in total. The Hall–Kier alpha value is -1.74. The predicted molar refractivity (Wildman–Crippen MR) is 308 cm³/mol. The molecule has 0 aromatic heterocycles. The Morgan fingerprint density at radius 1 is 0.408 bits per heavy atom. The molecule has 0 bridgehead atoms. The molecule has 2 aromatic carbocycles. The molecular formula is C64H116O6Si. The van der Waals surface area contributed by atoms with E-state index in [4.69, 9.17) is 28.1 Å². The number of methoxy groups -OCH3 is 1. The molecule has 0 heterocycles. The Morgan fingerprint density at radius 3 is 1.21 bits per heavy atom. The Balaban J connectivity index is 1.54. The summed E-state index contributed by atoms with van der Waals surface area (Å²) in [6.07, 6.45) is 26.1. The fourth-order valence-corrected chi connectivity index (χ4v) is 10.7. The third kappa shape index (κ3) is 33.7. The van der Waals surface area contributed by atoms with Crippen molar-refractivity contribution < 1.29 is 28.1 Å². The molecule has 0 amide bonds. The molecule has 0 N–H and O–H groups in total. The number of benzene rings is 2. The average Bonchev–Trinajstić information content (AvgIpc) is 3.32. The summed E-state index contributed by atoms with van der Waals surface area (Å²) in [7, 11) is 0.0642. The van der Waals surface area contributed by atoms with Crippen molar-refractivity contribution in [1.29, 1.82) is 0 Å². The van der Waals surface area contributed by atoms with Gasteiger partial charge in [0.15, 0.2) is 8.32 Å². The van der Waals surface area contributed by atoms with Crippen LogP contribution in [0.25, 0.3) is 0 Å². The molecule has 0 fully saturated rings. The monoisotopic (exact) mass is 1010 g/mol. The third-order valence-corrected chi connectivity index (χ3v) is 20.7. The van der Waals surface area contributed by atoms with E-state index < -0.39 is 8.32 Å². The molecule has 0 saturated heterocycles. The zero-order valence-electron chi connectivity index (χ0n) is 49.1. The smallest absolute Gasteiger partial charge is 0.191 e. The number of hydrogen-bond acceptors (Lipinski definition) is 6. The standard InChI is InChI=1S/C64H116O6Si/c1-52(24-18-26-54(3)30-22-34-58(7)46-67-49-61-38-40-62(65-12)41-39-61)28-20-32-56(5)42-44-66-50-63(51-68-48-60-36-16-15-17-37-60)69-45-43-57(6)33-21-29-53(2)25-19-27-55(4)31-23-35-59(8)47-70-71(13,14)64(9,10)11/h15-17,36-41,52-59,63H,18-35,42-51H2,1-14H3/t52-,53-,54+,55+,56-,57-,58+,59+,63?/m1/s1. The molecule has 0 aliphatic carbocycles. The minimum Gasteiger partial charge on any atom is -0.497 e. The largest absolute Gasteiger partial charge is 0.497 e. The highest BCUT2D eigenvalue weighted by atomic mass is 28.4. The van der Waals surface area contributed by atoms with E-state index in [-0.39, 0.29) is 6.10 Å². The second-order valence-electron chi connectivity index (χ2n) is 25.0. The normalized spacial score (nSPS) is 16.3. The minimum atomic E-state index is -1.64. The predicted octanol–water partition coefficient (Wildman–Crippen LogP) is 18.7. The topological polar surface area (TPSA) is 55.4 Å². The number of ether oxygens (including phenoxy) is 5. The van der Waals surface area contributed by atoms with E-state index >= 15 is 0 Å². The van der Waals surface area contributed by atoms with Crippen molar-refractivity contribution in [3.63, 3.8) is 0 Å².